The number of benzene rings is 1. The first-order chi connectivity index (χ1) is 11.0. The minimum Gasteiger partial charge on any atom is -0.359 e. The molecule has 2 amide bonds. The van der Waals surface area contributed by atoms with Gasteiger partial charge in [-0.3, -0.25) is 9.59 Å². The fraction of sp³-hybridized carbons (Fsp3) is 0.500. The molecule has 1 atom stereocenters. The van der Waals surface area contributed by atoms with Crippen molar-refractivity contribution < 1.29 is 9.59 Å². The van der Waals surface area contributed by atoms with Crippen LogP contribution in [0.3, 0.4) is 0 Å². The molecule has 122 valence electrons. The van der Waals surface area contributed by atoms with Crippen molar-refractivity contribution in [2.45, 2.75) is 26.3 Å². The summed E-state index contributed by atoms with van der Waals surface area (Å²) in [6, 6.07) is 7.55. The second-order valence-electron chi connectivity index (χ2n) is 6.29. The predicted molar refractivity (Wildman–Crippen MR) is 85.5 cm³/mol. The second-order valence-corrected chi connectivity index (χ2v) is 6.29. The smallest absolute Gasteiger partial charge is 0.244 e. The molecule has 1 aromatic carbocycles. The number of para-hydroxylation sites is 1. The van der Waals surface area contributed by atoms with Gasteiger partial charge in [0.15, 0.2) is 0 Å². The number of piperidine rings is 1. The lowest BCUT2D eigenvalue weighted by molar-refractivity contribution is -0.140. The van der Waals surface area contributed by atoms with Crippen LogP contribution >= 0.6 is 0 Å². The molecule has 1 N–H and O–H groups in total. The summed E-state index contributed by atoms with van der Waals surface area (Å²) in [5.41, 5.74) is 1.09. The molecule has 1 fully saturated rings. The van der Waals surface area contributed by atoms with Crippen LogP contribution in [0, 0.1) is 5.41 Å². The number of carbonyl (C=O) groups is 2. The Kier molecular flexibility index (Phi) is 4.02. The fourth-order valence-electron chi connectivity index (χ4n) is 3.20. The topological polar surface area (TPSA) is 80.1 Å². The highest BCUT2D eigenvalue weighted by Crippen LogP contribution is 2.29. The van der Waals surface area contributed by atoms with Crippen LogP contribution < -0.4 is 5.32 Å². The van der Waals surface area contributed by atoms with Gasteiger partial charge in [0.05, 0.1) is 10.9 Å². The molecular formula is C16H21N5O2. The van der Waals surface area contributed by atoms with Gasteiger partial charge >= 0.3 is 0 Å². The van der Waals surface area contributed by atoms with Gasteiger partial charge in [-0.25, -0.2) is 4.68 Å². The lowest BCUT2D eigenvalue weighted by Gasteiger charge is -2.39. The summed E-state index contributed by atoms with van der Waals surface area (Å²) in [6.07, 6.45) is 1.62. The molecule has 7 heteroatoms. The predicted octanol–water partition coefficient (Wildman–Crippen LogP) is 0.806. The van der Waals surface area contributed by atoms with Gasteiger partial charge in [0.2, 0.25) is 11.8 Å². The zero-order valence-electron chi connectivity index (χ0n) is 13.5. The van der Waals surface area contributed by atoms with Gasteiger partial charge in [0.25, 0.3) is 0 Å². The molecule has 1 saturated heterocycles. The van der Waals surface area contributed by atoms with Crippen molar-refractivity contribution >= 4 is 22.8 Å². The number of hydrogen-bond donors (Lipinski definition) is 1. The van der Waals surface area contributed by atoms with Gasteiger partial charge in [-0.05, 0) is 31.9 Å². The molecule has 2 aromatic rings. The molecule has 0 saturated carbocycles. The molecule has 1 aliphatic rings. The molecule has 23 heavy (non-hydrogen) atoms. The molecule has 0 bridgehead atoms. The van der Waals surface area contributed by atoms with Crippen molar-refractivity contribution in [3.05, 3.63) is 24.3 Å². The average Bonchev–Trinajstić information content (AvgIpc) is 2.97. The number of nitrogens with zero attached hydrogens (tertiary/aromatic N) is 4. The van der Waals surface area contributed by atoms with Crippen LogP contribution in [0.4, 0.5) is 0 Å². The zero-order valence-corrected chi connectivity index (χ0v) is 13.5. The number of likely N-dealkylation sites (tertiary alicyclic amines) is 1. The van der Waals surface area contributed by atoms with Crippen LogP contribution in [0.5, 0.6) is 0 Å². The Bertz CT molecular complexity index is 741. The minimum atomic E-state index is -0.521. The molecule has 0 radical (unpaired) electrons. The number of hydrogen-bond acceptors (Lipinski definition) is 4. The fourth-order valence-corrected chi connectivity index (χ4v) is 3.20. The lowest BCUT2D eigenvalue weighted by atomic mass is 9.81. The monoisotopic (exact) mass is 315 g/mol. The van der Waals surface area contributed by atoms with Crippen molar-refractivity contribution in [3.63, 3.8) is 0 Å². The first-order valence-electron chi connectivity index (χ1n) is 7.82. The standard InChI is InChI=1S/C16H21N5O2/c1-16(15(23)17-2)8-5-9-20(11-16)14(22)10-21-13-7-4-3-6-12(13)18-19-21/h3-4,6-7H,5,8-11H2,1-2H3,(H,17,23). The van der Waals surface area contributed by atoms with Crippen LogP contribution in [-0.2, 0) is 16.1 Å². The summed E-state index contributed by atoms with van der Waals surface area (Å²) in [4.78, 5) is 26.4. The number of carbonyl (C=O) groups excluding carboxylic acids is 2. The molecule has 7 nitrogen and oxygen atoms in total. The molecule has 3 rings (SSSR count). The van der Waals surface area contributed by atoms with E-state index in [1.54, 1.807) is 16.6 Å². The van der Waals surface area contributed by atoms with Gasteiger partial charge in [-0.15, -0.1) is 5.10 Å². The van der Waals surface area contributed by atoms with E-state index in [4.69, 9.17) is 0 Å². The second kappa shape index (κ2) is 5.98. The highest BCUT2D eigenvalue weighted by Gasteiger charge is 2.38. The molecule has 1 aromatic heterocycles. The SMILES string of the molecule is CNC(=O)C1(C)CCCN(C(=O)Cn2nnc3ccccc32)C1. The van der Waals surface area contributed by atoms with E-state index in [2.05, 4.69) is 15.6 Å². The summed E-state index contributed by atoms with van der Waals surface area (Å²) in [5.74, 6) is -0.0447. The maximum atomic E-state index is 12.6. The van der Waals surface area contributed by atoms with Crippen LogP contribution in [0.1, 0.15) is 19.8 Å². The van der Waals surface area contributed by atoms with Crippen molar-refractivity contribution in [2.24, 2.45) is 5.41 Å². The summed E-state index contributed by atoms with van der Waals surface area (Å²) in [5, 5.41) is 10.8. The maximum Gasteiger partial charge on any atom is 0.244 e. The van der Waals surface area contributed by atoms with Crippen LogP contribution in [-0.4, -0.2) is 51.8 Å². The third-order valence-electron chi connectivity index (χ3n) is 4.53. The molecular weight excluding hydrogens is 294 g/mol. The number of amides is 2. The Hall–Kier alpha value is -2.44. The lowest BCUT2D eigenvalue weighted by Crippen LogP contribution is -2.52. The number of aromatic nitrogens is 3. The average molecular weight is 315 g/mol. The zero-order chi connectivity index (χ0) is 16.4. The quantitative estimate of drug-likeness (QED) is 0.909. The molecule has 2 heterocycles. The molecule has 0 spiro atoms. The number of nitrogens with one attached hydrogen (secondary N) is 1. The summed E-state index contributed by atoms with van der Waals surface area (Å²) < 4.78 is 1.61. The van der Waals surface area contributed by atoms with Crippen LogP contribution in [0.25, 0.3) is 11.0 Å². The number of rotatable bonds is 3. The van der Waals surface area contributed by atoms with E-state index in [1.165, 1.54) is 0 Å². The van der Waals surface area contributed by atoms with Crippen molar-refractivity contribution in [1.82, 2.24) is 25.2 Å². The van der Waals surface area contributed by atoms with E-state index in [0.717, 1.165) is 23.9 Å². The van der Waals surface area contributed by atoms with E-state index in [1.807, 2.05) is 31.2 Å². The van der Waals surface area contributed by atoms with E-state index < -0.39 is 5.41 Å². The minimum absolute atomic E-state index is 0.0128. The van der Waals surface area contributed by atoms with Gasteiger partial charge < -0.3 is 10.2 Å². The molecule has 0 aliphatic carbocycles. The Morgan fingerprint density at radius 1 is 1.35 bits per heavy atom. The summed E-state index contributed by atoms with van der Waals surface area (Å²) >= 11 is 0. The summed E-state index contributed by atoms with van der Waals surface area (Å²) in [6.45, 7) is 3.18. The first-order valence-corrected chi connectivity index (χ1v) is 7.82. The van der Waals surface area contributed by atoms with E-state index in [9.17, 15) is 9.59 Å². The molecule has 1 aliphatic heterocycles. The highest BCUT2D eigenvalue weighted by atomic mass is 16.2. The Morgan fingerprint density at radius 3 is 2.91 bits per heavy atom. The van der Waals surface area contributed by atoms with Crippen LogP contribution in [0.15, 0.2) is 24.3 Å². The largest absolute Gasteiger partial charge is 0.359 e. The van der Waals surface area contributed by atoms with Gasteiger partial charge in [0, 0.05) is 20.1 Å². The summed E-state index contributed by atoms with van der Waals surface area (Å²) in [7, 11) is 1.63. The van der Waals surface area contributed by atoms with E-state index >= 15 is 0 Å². The van der Waals surface area contributed by atoms with E-state index in [0.29, 0.717) is 13.1 Å². The van der Waals surface area contributed by atoms with Crippen molar-refractivity contribution in [3.8, 4) is 0 Å². The Morgan fingerprint density at radius 2 is 2.13 bits per heavy atom. The van der Waals surface area contributed by atoms with Crippen LogP contribution in [0.2, 0.25) is 0 Å². The third-order valence-corrected chi connectivity index (χ3v) is 4.53. The van der Waals surface area contributed by atoms with E-state index in [-0.39, 0.29) is 18.4 Å². The van der Waals surface area contributed by atoms with Gasteiger partial charge in [0.1, 0.15) is 12.1 Å². The molecule has 1 unspecified atom stereocenters. The first kappa shape index (κ1) is 15.5. The Balaban J connectivity index is 1.74. The highest BCUT2D eigenvalue weighted by molar-refractivity contribution is 5.84. The van der Waals surface area contributed by atoms with Crippen molar-refractivity contribution in [2.75, 3.05) is 20.1 Å². The maximum absolute atomic E-state index is 12.6. The Labute approximate surface area is 134 Å². The number of fused-ring (bicyclic) bond motifs is 1. The van der Waals surface area contributed by atoms with Crippen molar-refractivity contribution in [1.29, 1.82) is 0 Å². The third kappa shape index (κ3) is 2.91. The van der Waals surface area contributed by atoms with Gasteiger partial charge in [-0.2, -0.15) is 0 Å². The normalized spacial score (nSPS) is 21.4. The van der Waals surface area contributed by atoms with Gasteiger partial charge in [-0.1, -0.05) is 17.3 Å².